The number of hydrogen-bond donors (Lipinski definition) is 0. The van der Waals surface area contributed by atoms with E-state index in [0.717, 1.165) is 84.5 Å². The maximum atomic E-state index is 13.3. The molecule has 2 unspecified atom stereocenters. The Bertz CT molecular complexity index is 6170. The number of ether oxygens (including phenoxy) is 4. The first kappa shape index (κ1) is 96.0. The van der Waals surface area contributed by atoms with Crippen LogP contribution in [0.2, 0.25) is 0 Å². The molecule has 4 heterocycles. The summed E-state index contributed by atoms with van der Waals surface area (Å²) in [5.74, 6) is 1.45. The van der Waals surface area contributed by atoms with Gasteiger partial charge in [0.05, 0.1) is 43.8 Å². The van der Waals surface area contributed by atoms with Gasteiger partial charge in [-0.2, -0.15) is 13.2 Å². The Morgan fingerprint density at radius 2 is 0.603 bits per heavy atom. The summed E-state index contributed by atoms with van der Waals surface area (Å²) in [4.78, 5) is 58.3. The molecule has 4 aliphatic heterocycles. The Morgan fingerprint density at radius 1 is 0.298 bits per heavy atom. The first-order chi connectivity index (χ1) is 62.1. The van der Waals surface area contributed by atoms with E-state index in [2.05, 4.69) is 320 Å². The van der Waals surface area contributed by atoms with Gasteiger partial charge >= 0.3 is 30.5 Å². The van der Waals surface area contributed by atoms with Crippen LogP contribution in [-0.2, 0) is 51.3 Å². The molecule has 0 N–H and O–H groups in total. The van der Waals surface area contributed by atoms with E-state index in [4.69, 9.17) is 18.9 Å². The second kappa shape index (κ2) is 40.8. The van der Waals surface area contributed by atoms with Gasteiger partial charge in [0.1, 0.15) is 30.2 Å². The van der Waals surface area contributed by atoms with Gasteiger partial charge in [-0.15, -0.1) is 0 Å². The maximum absolute atomic E-state index is 13.3. The zero-order valence-electron chi connectivity index (χ0n) is 80.0. The van der Waals surface area contributed by atoms with Gasteiger partial charge < -0.3 is 18.9 Å². The molecule has 0 spiro atoms. The Kier molecular flexibility index (Phi) is 29.9. The number of aryl methyl sites for hydroxylation is 12. The normalized spacial score (nSPS) is 17.2. The molecular weight excluding hydrogens is 1640 g/mol. The Morgan fingerprint density at radius 3 is 0.947 bits per heavy atom. The molecule has 131 heavy (non-hydrogen) atoms. The predicted molar refractivity (Wildman–Crippen MR) is 519 cm³/mol. The van der Waals surface area contributed by atoms with E-state index < -0.39 is 30.0 Å². The summed E-state index contributed by atoms with van der Waals surface area (Å²) in [7, 11) is 0. The number of rotatable bonds is 20. The topological polar surface area (TPSA) is 118 Å². The predicted octanol–water partition coefficient (Wildman–Crippen LogP) is 30.3. The second-order valence-corrected chi connectivity index (χ2v) is 37.9. The fourth-order valence-corrected chi connectivity index (χ4v) is 18.1. The monoisotopic (exact) mass is 1770 g/mol. The molecule has 4 amide bonds. The van der Waals surface area contributed by atoms with E-state index >= 15 is 0 Å². The van der Waals surface area contributed by atoms with Crippen LogP contribution >= 0.6 is 0 Å². The number of cyclic esters (lactones) is 4. The number of nitrogens with zero attached hydrogens (tertiary/aromatic N) is 4. The molecule has 682 valence electrons. The quantitative estimate of drug-likeness (QED) is 0.0547. The van der Waals surface area contributed by atoms with Crippen molar-refractivity contribution in [1.82, 2.24) is 19.6 Å². The Hall–Kier alpha value is -12.6. The molecule has 16 rings (SSSR count). The summed E-state index contributed by atoms with van der Waals surface area (Å²) in [5.41, 5.74) is 35.0. The van der Waals surface area contributed by atoms with Crippen LogP contribution in [0.5, 0.6) is 0 Å². The largest absolute Gasteiger partial charge is 0.439 e. The van der Waals surface area contributed by atoms with Gasteiger partial charge in [-0.25, -0.2) is 23.6 Å². The molecule has 0 aliphatic carbocycles. The van der Waals surface area contributed by atoms with Crippen molar-refractivity contribution in [3.8, 4) is 44.5 Å². The molecule has 4 saturated heterocycles. The van der Waals surface area contributed by atoms with Crippen molar-refractivity contribution in [2.45, 2.75) is 245 Å². The van der Waals surface area contributed by atoms with Crippen LogP contribution in [0.25, 0.3) is 44.5 Å². The lowest BCUT2D eigenvalue weighted by Crippen LogP contribution is -2.31. The average Bonchev–Trinajstić information content (AvgIpc) is 1.71. The minimum absolute atomic E-state index is 0.0462. The highest BCUT2D eigenvalue weighted by Crippen LogP contribution is 2.44. The molecule has 16 heteroatoms. The number of benzene rings is 12. The molecule has 4 fully saturated rings. The standard InChI is InChI=1S/C30H35NO2.C29H30F3NO2.C28H30FNO2.C28H31NO2/c1-18(2)24-10-9-22(6)28(16-24)27-11-8-19(3)13-26(27)17-31-23(7)29(33-30(31)32)25-14-20(4)12-21(5)15-25;1-17(2)21-8-7-20(5)26(14-21)25-9-6-18(3)10-23(25)15-33-16-27(35-28(33)34)22-11-19(4)12-24(13-22)29(30,31)32;1-17(2)22-8-7-19(4)26(15-22)25-13-6-18(3)14-23(25)16-30-20(5)27(32-28(30)31)21-9-11-24(29)12-10-21;1-18(2)23-12-9-21(5)26(15-23)25-13-8-20(4)14-24(25)16-29-17-27(31-28(29)30)22-10-6-19(3)7-11-22/h8-16,18,23,29H,17H2,1-7H3;6-14,17,27H,15-16H2,1-5H3;6-15,17,20,27H,16H2,1-5H3;6-15,18,27H,16-17H2,1-5H3/t23-,29-;;20-,27-;/m0.0./s1. The molecule has 0 saturated carbocycles. The number of alkyl halides is 3. The van der Waals surface area contributed by atoms with Crippen molar-refractivity contribution < 1.29 is 55.7 Å². The van der Waals surface area contributed by atoms with Crippen molar-refractivity contribution in [2.75, 3.05) is 13.1 Å². The molecule has 4 aliphatic rings. The molecule has 6 atom stereocenters. The van der Waals surface area contributed by atoms with E-state index in [1.54, 1.807) is 34.9 Å². The molecule has 0 radical (unpaired) electrons. The van der Waals surface area contributed by atoms with Crippen LogP contribution in [0.1, 0.15) is 256 Å². The molecule has 12 nitrogen and oxygen atoms in total. The van der Waals surface area contributed by atoms with E-state index in [1.807, 2.05) is 23.6 Å². The van der Waals surface area contributed by atoms with E-state index in [0.29, 0.717) is 67.5 Å². The first-order valence-corrected chi connectivity index (χ1v) is 45.9. The van der Waals surface area contributed by atoms with Crippen molar-refractivity contribution in [2.24, 2.45) is 0 Å². The molecule has 12 aromatic carbocycles. The van der Waals surface area contributed by atoms with E-state index in [1.165, 1.54) is 107 Å². The van der Waals surface area contributed by atoms with Crippen LogP contribution in [-0.4, -0.2) is 69.1 Å². The van der Waals surface area contributed by atoms with Gasteiger partial charge in [-0.1, -0.05) is 306 Å². The van der Waals surface area contributed by atoms with Gasteiger partial charge in [0.25, 0.3) is 0 Å². The Balaban J connectivity index is 0.000000149. The third-order valence-corrected chi connectivity index (χ3v) is 25.9. The Labute approximate surface area is 773 Å². The summed E-state index contributed by atoms with van der Waals surface area (Å²) < 4.78 is 76.1. The van der Waals surface area contributed by atoms with Gasteiger partial charge in [0, 0.05) is 13.1 Å². The molecule has 0 bridgehead atoms. The van der Waals surface area contributed by atoms with Crippen molar-refractivity contribution in [3.63, 3.8) is 0 Å². The number of halogens is 4. The minimum atomic E-state index is -4.46. The number of amides is 4. The van der Waals surface area contributed by atoms with Crippen LogP contribution in [0.15, 0.2) is 231 Å². The fourth-order valence-electron chi connectivity index (χ4n) is 18.1. The highest BCUT2D eigenvalue weighted by Gasteiger charge is 2.43. The molecule has 0 aromatic heterocycles. The van der Waals surface area contributed by atoms with Crippen molar-refractivity contribution in [1.29, 1.82) is 0 Å². The highest BCUT2D eigenvalue weighted by atomic mass is 19.4. The number of carbonyl (C=O) groups is 4. The summed E-state index contributed by atoms with van der Waals surface area (Å²) in [6, 6.07) is 76.7. The van der Waals surface area contributed by atoms with Crippen LogP contribution in [0.3, 0.4) is 0 Å². The average molecular weight is 1770 g/mol. The number of carbonyl (C=O) groups excluding carboxylic acids is 4. The van der Waals surface area contributed by atoms with Crippen molar-refractivity contribution >= 4 is 24.4 Å². The van der Waals surface area contributed by atoms with Crippen LogP contribution in [0, 0.1) is 88.9 Å². The zero-order chi connectivity index (χ0) is 94.5. The van der Waals surface area contributed by atoms with E-state index in [9.17, 15) is 36.7 Å². The lowest BCUT2D eigenvalue weighted by molar-refractivity contribution is -0.137. The maximum Gasteiger partial charge on any atom is 0.416 e. The van der Waals surface area contributed by atoms with Crippen LogP contribution in [0.4, 0.5) is 36.7 Å². The van der Waals surface area contributed by atoms with Gasteiger partial charge in [-0.05, 0) is 278 Å². The summed E-state index contributed by atoms with van der Waals surface area (Å²) in [6.07, 6.45) is -7.44. The summed E-state index contributed by atoms with van der Waals surface area (Å²) >= 11 is 0. The SMILES string of the molecule is Cc1cc(C)cc([C@H]2OC(=O)N(Cc3cc(C)ccc3-c3cc(C(C)C)ccc3C)[C@H]2C)c1.Cc1cc(C2CN(Cc3cc(C)ccc3-c3cc(C(C)C)ccc3C)C(=O)O2)cc(C(F)(F)F)c1.Cc1ccc(-c2cc(C(C)C)ccc2C)c(CN2C(=O)O[C@H](c3ccc(F)cc3)[C@@H]2C)c1.Cc1ccc(C2CN(Cc3cc(C)ccc3-c3cc(C(C)C)ccc3C)C(=O)O2)cc1. The first-order valence-electron chi connectivity index (χ1n) is 45.9. The smallest absolute Gasteiger partial charge is 0.416 e. The lowest BCUT2D eigenvalue weighted by atomic mass is 9.90. The van der Waals surface area contributed by atoms with E-state index in [-0.39, 0.29) is 54.9 Å². The molecular formula is C115H126F4N4O8. The van der Waals surface area contributed by atoms with Crippen LogP contribution < -0.4 is 0 Å². The lowest BCUT2D eigenvalue weighted by Gasteiger charge is -2.23. The van der Waals surface area contributed by atoms with Crippen molar-refractivity contribution in [3.05, 3.63) is 375 Å². The van der Waals surface area contributed by atoms with Gasteiger partial charge in [0.15, 0.2) is 0 Å². The second-order valence-electron chi connectivity index (χ2n) is 37.9. The van der Waals surface area contributed by atoms with Gasteiger partial charge in [0.2, 0.25) is 0 Å². The van der Waals surface area contributed by atoms with Gasteiger partial charge in [-0.3, -0.25) is 19.6 Å². The highest BCUT2D eigenvalue weighted by molar-refractivity contribution is 5.79. The number of hydrogen-bond acceptors (Lipinski definition) is 8. The summed E-state index contributed by atoms with van der Waals surface area (Å²) in [5, 5.41) is 0. The fraction of sp³-hybridized carbons (Fsp3) is 0.339. The summed E-state index contributed by atoms with van der Waals surface area (Å²) in [6.45, 7) is 48.9. The zero-order valence-corrected chi connectivity index (χ0v) is 80.0. The molecule has 12 aromatic rings. The minimum Gasteiger partial charge on any atom is -0.439 e. The third-order valence-electron chi connectivity index (χ3n) is 25.9. The third kappa shape index (κ3) is 22.9.